The second-order valence-corrected chi connectivity index (χ2v) is 11.5. The van der Waals surface area contributed by atoms with E-state index in [1.807, 2.05) is 69.3 Å². The van der Waals surface area contributed by atoms with Gasteiger partial charge in [-0.1, -0.05) is 48.0 Å². The molecular weight excluding hydrogens is 592 g/mol. The normalized spacial score (nSPS) is 10.7. The van der Waals surface area contributed by atoms with Crippen LogP contribution in [0.3, 0.4) is 0 Å². The van der Waals surface area contributed by atoms with E-state index in [1.165, 1.54) is 7.11 Å². The Balaban J connectivity index is 1.47. The Bertz CT molecular complexity index is 1730. The predicted octanol–water partition coefficient (Wildman–Crippen LogP) is 8.32. The fraction of sp³-hybridized carbons (Fsp3) is 0.308. The Morgan fingerprint density at radius 2 is 1.53 bits per heavy atom. The Hall–Kier alpha value is -5.11. The molecule has 0 unspecified atom stereocenters. The van der Waals surface area contributed by atoms with E-state index in [-0.39, 0.29) is 17.8 Å². The smallest absolute Gasteiger partial charge is 0.305 e. The maximum atomic E-state index is 13.7. The summed E-state index contributed by atoms with van der Waals surface area (Å²) in [5.74, 6) is 0.247. The average Bonchev–Trinajstić information content (AvgIpc) is 3.06. The monoisotopic (exact) mass is 636 g/mol. The third-order valence-corrected chi connectivity index (χ3v) is 7.91. The minimum atomic E-state index is -0.280. The van der Waals surface area contributed by atoms with E-state index in [1.54, 1.807) is 43.1 Å². The van der Waals surface area contributed by atoms with Crippen molar-refractivity contribution in [1.82, 2.24) is 0 Å². The highest BCUT2D eigenvalue weighted by atomic mass is 16.5. The van der Waals surface area contributed by atoms with Gasteiger partial charge in [0.2, 0.25) is 0 Å². The lowest BCUT2D eigenvalue weighted by molar-refractivity contribution is -0.143. The third kappa shape index (κ3) is 9.00. The number of anilines is 2. The van der Waals surface area contributed by atoms with Gasteiger partial charge >= 0.3 is 5.97 Å². The molecule has 0 radical (unpaired) electrons. The molecule has 0 heterocycles. The van der Waals surface area contributed by atoms with Crippen LogP contribution in [-0.2, 0) is 9.53 Å². The van der Waals surface area contributed by atoms with Gasteiger partial charge in [0.25, 0.3) is 11.8 Å². The molecule has 8 nitrogen and oxygen atoms in total. The summed E-state index contributed by atoms with van der Waals surface area (Å²) in [6, 6.07) is 24.4. The first-order valence-corrected chi connectivity index (χ1v) is 16.0. The number of unbranched alkanes of at least 4 members (excludes halogenated alkanes) is 2. The second kappa shape index (κ2) is 16.5. The van der Waals surface area contributed by atoms with Crippen LogP contribution >= 0.6 is 0 Å². The van der Waals surface area contributed by atoms with Crippen molar-refractivity contribution in [3.05, 3.63) is 107 Å². The highest BCUT2D eigenvalue weighted by molar-refractivity contribution is 6.10. The third-order valence-electron chi connectivity index (χ3n) is 7.91. The number of ether oxygens (including phenoxy) is 3. The summed E-state index contributed by atoms with van der Waals surface area (Å²) in [4.78, 5) is 40.3. The highest BCUT2D eigenvalue weighted by Crippen LogP contribution is 2.33. The van der Waals surface area contributed by atoms with Gasteiger partial charge in [0.05, 0.1) is 31.7 Å². The molecule has 4 aromatic carbocycles. The zero-order valence-electron chi connectivity index (χ0n) is 28.1. The first-order valence-electron chi connectivity index (χ1n) is 16.0. The molecule has 246 valence electrons. The number of aryl methyl sites for hydroxylation is 3. The maximum absolute atomic E-state index is 13.7. The lowest BCUT2D eigenvalue weighted by Crippen LogP contribution is -2.27. The number of esters is 1. The molecule has 0 saturated heterocycles. The Kier molecular flexibility index (Phi) is 12.2. The summed E-state index contributed by atoms with van der Waals surface area (Å²) in [7, 11) is 3.20. The van der Waals surface area contributed by atoms with E-state index in [0.29, 0.717) is 53.6 Å². The van der Waals surface area contributed by atoms with E-state index in [4.69, 9.17) is 14.2 Å². The number of nitrogens with one attached hydrogen (secondary N) is 1. The molecule has 2 amide bonds. The second-order valence-electron chi connectivity index (χ2n) is 11.5. The number of methoxy groups -OCH3 is 1. The first-order chi connectivity index (χ1) is 22.6. The van der Waals surface area contributed by atoms with E-state index >= 15 is 0 Å². The molecule has 0 aliphatic carbocycles. The van der Waals surface area contributed by atoms with Gasteiger partial charge in [-0.15, -0.1) is 0 Å². The predicted molar refractivity (Wildman–Crippen MR) is 187 cm³/mol. The molecule has 4 rings (SSSR count). The van der Waals surface area contributed by atoms with Crippen molar-refractivity contribution in [3.63, 3.8) is 0 Å². The van der Waals surface area contributed by atoms with E-state index < -0.39 is 0 Å². The summed E-state index contributed by atoms with van der Waals surface area (Å²) in [5, 5.41) is 2.98. The van der Waals surface area contributed by atoms with Crippen LogP contribution in [0.4, 0.5) is 11.4 Å². The van der Waals surface area contributed by atoms with Gasteiger partial charge in [-0.2, -0.15) is 0 Å². The number of amides is 2. The molecule has 1 N–H and O–H groups in total. The van der Waals surface area contributed by atoms with Gasteiger partial charge in [0, 0.05) is 24.6 Å². The zero-order valence-corrected chi connectivity index (χ0v) is 28.1. The number of carbonyl (C=O) groups is 3. The van der Waals surface area contributed by atoms with Crippen LogP contribution in [0, 0.1) is 20.8 Å². The van der Waals surface area contributed by atoms with Crippen molar-refractivity contribution in [2.75, 3.05) is 37.6 Å². The van der Waals surface area contributed by atoms with Crippen molar-refractivity contribution >= 4 is 29.2 Å². The van der Waals surface area contributed by atoms with Crippen molar-refractivity contribution in [1.29, 1.82) is 0 Å². The molecule has 0 aliphatic heterocycles. The minimum absolute atomic E-state index is 0.180. The van der Waals surface area contributed by atoms with Crippen LogP contribution in [0.25, 0.3) is 11.1 Å². The minimum Gasteiger partial charge on any atom is -0.495 e. The molecule has 47 heavy (non-hydrogen) atoms. The number of carbonyl (C=O) groups excluding carboxylic acids is 3. The fourth-order valence-corrected chi connectivity index (χ4v) is 5.43. The largest absolute Gasteiger partial charge is 0.495 e. The molecule has 0 aromatic heterocycles. The van der Waals surface area contributed by atoms with Gasteiger partial charge in [-0.25, -0.2) is 0 Å². The van der Waals surface area contributed by atoms with Crippen molar-refractivity contribution in [3.8, 4) is 22.6 Å². The van der Waals surface area contributed by atoms with Crippen LogP contribution < -0.4 is 19.7 Å². The number of rotatable bonds is 14. The zero-order chi connectivity index (χ0) is 33.9. The molecule has 0 atom stereocenters. The Labute approximate surface area is 277 Å². The SMILES string of the molecule is CCOC(=O)CCCCCOc1cc(C)ccc1N(C)C(=O)c1ccc(NC(=O)c2ccccc2-c2ccc(C)cc2C)c(OC)c1. The number of nitrogens with zero attached hydrogens (tertiary/aromatic N) is 1. The molecule has 0 bridgehead atoms. The van der Waals surface area contributed by atoms with Crippen molar-refractivity contribution in [2.24, 2.45) is 0 Å². The fourth-order valence-electron chi connectivity index (χ4n) is 5.43. The van der Waals surface area contributed by atoms with Crippen LogP contribution in [0.2, 0.25) is 0 Å². The topological polar surface area (TPSA) is 94.2 Å². The van der Waals surface area contributed by atoms with Crippen molar-refractivity contribution < 1.29 is 28.6 Å². The number of hydrogen-bond acceptors (Lipinski definition) is 6. The summed E-state index contributed by atoms with van der Waals surface area (Å²) < 4.78 is 16.7. The number of benzene rings is 4. The maximum Gasteiger partial charge on any atom is 0.305 e. The highest BCUT2D eigenvalue weighted by Gasteiger charge is 2.21. The van der Waals surface area contributed by atoms with Gasteiger partial charge in [-0.05, 0) is 106 Å². The van der Waals surface area contributed by atoms with E-state index in [2.05, 4.69) is 11.4 Å². The van der Waals surface area contributed by atoms with E-state index in [0.717, 1.165) is 47.1 Å². The van der Waals surface area contributed by atoms with Gasteiger partial charge < -0.3 is 24.4 Å². The van der Waals surface area contributed by atoms with Crippen LogP contribution in [0.5, 0.6) is 11.5 Å². The molecular formula is C39H44N2O6. The number of hydrogen-bond donors (Lipinski definition) is 1. The van der Waals surface area contributed by atoms with E-state index in [9.17, 15) is 14.4 Å². The molecule has 0 spiro atoms. The Morgan fingerprint density at radius 1 is 0.787 bits per heavy atom. The first kappa shape index (κ1) is 34.8. The molecule has 0 fully saturated rings. The van der Waals surface area contributed by atoms with Gasteiger partial charge in [0.1, 0.15) is 11.5 Å². The Morgan fingerprint density at radius 3 is 2.28 bits per heavy atom. The van der Waals surface area contributed by atoms with Gasteiger partial charge in [0.15, 0.2) is 0 Å². The molecule has 0 saturated carbocycles. The molecule has 4 aromatic rings. The quantitative estimate of drug-likeness (QED) is 0.111. The molecule has 8 heteroatoms. The molecule has 0 aliphatic rings. The lowest BCUT2D eigenvalue weighted by atomic mass is 9.94. The van der Waals surface area contributed by atoms with Crippen LogP contribution in [0.15, 0.2) is 78.9 Å². The summed E-state index contributed by atoms with van der Waals surface area (Å²) in [6.45, 7) is 8.69. The summed E-state index contributed by atoms with van der Waals surface area (Å²) in [5.41, 5.74) is 7.09. The van der Waals surface area contributed by atoms with Gasteiger partial charge in [-0.3, -0.25) is 14.4 Å². The van der Waals surface area contributed by atoms with Crippen LogP contribution in [-0.4, -0.2) is 45.2 Å². The average molecular weight is 637 g/mol. The summed E-state index contributed by atoms with van der Waals surface area (Å²) >= 11 is 0. The lowest BCUT2D eigenvalue weighted by Gasteiger charge is -2.22. The standard InChI is InChI=1S/C39H44N2O6/c1-7-46-37(42)15-9-8-12-22-47-36-24-27(3)17-21-34(36)41(5)39(44)29-18-20-33(35(25-29)45-6)40-38(43)32-14-11-10-13-31(32)30-19-16-26(2)23-28(30)4/h10-11,13-14,16-21,23-25H,7-9,12,15,22H2,1-6H3,(H,40,43). The summed E-state index contributed by atoms with van der Waals surface area (Å²) in [6.07, 6.45) is 2.73. The van der Waals surface area contributed by atoms with Crippen molar-refractivity contribution in [2.45, 2.75) is 53.4 Å². The van der Waals surface area contributed by atoms with Crippen LogP contribution in [0.1, 0.15) is 70.0 Å².